The number of carbonyl (C=O) groups is 2. The molecule has 0 aliphatic carbocycles. The van der Waals surface area contributed by atoms with Crippen LogP contribution < -0.4 is 19.6 Å². The first kappa shape index (κ1) is 26.8. The van der Waals surface area contributed by atoms with Crippen molar-refractivity contribution in [2.75, 3.05) is 6.61 Å². The average molecular weight is 584 g/mol. The second-order valence-electron chi connectivity index (χ2n) is 8.91. The van der Waals surface area contributed by atoms with E-state index in [1.54, 1.807) is 42.7 Å². The second kappa shape index (κ2) is 11.0. The second-order valence-corrected chi connectivity index (χ2v) is 10.8. The summed E-state index contributed by atoms with van der Waals surface area (Å²) in [5.74, 6) is -0.160. The van der Waals surface area contributed by atoms with E-state index in [1.165, 1.54) is 18.3 Å². The van der Waals surface area contributed by atoms with Crippen LogP contribution in [0.25, 0.3) is 6.08 Å². The van der Waals surface area contributed by atoms with Crippen LogP contribution in [0, 0.1) is 0 Å². The number of allylic oxidation sites excluding steroid dienone is 1. The summed E-state index contributed by atoms with van der Waals surface area (Å²) in [4.78, 5) is 43.2. The number of carbonyl (C=O) groups excluding carboxylic acids is 2. The first-order chi connectivity index (χ1) is 17.6. The molecule has 1 aromatic heterocycles. The molecule has 2 heterocycles. The first-order valence-corrected chi connectivity index (χ1v) is 13.5. The summed E-state index contributed by atoms with van der Waals surface area (Å²) in [6.45, 7) is 9.30. The first-order valence-electron chi connectivity index (χ1n) is 11.9. The van der Waals surface area contributed by atoms with Crippen molar-refractivity contribution in [3.8, 4) is 5.75 Å². The fraction of sp³-hybridized carbons (Fsp3) is 0.286. The topological polar surface area (TPSA) is 87.0 Å². The van der Waals surface area contributed by atoms with Gasteiger partial charge in [0.2, 0.25) is 0 Å². The summed E-state index contributed by atoms with van der Waals surface area (Å²) in [7, 11) is 0. The van der Waals surface area contributed by atoms with E-state index >= 15 is 0 Å². The van der Waals surface area contributed by atoms with Gasteiger partial charge in [-0.2, -0.15) is 0 Å². The Bertz CT molecular complexity index is 1580. The highest BCUT2D eigenvalue weighted by atomic mass is 79.9. The lowest BCUT2D eigenvalue weighted by Crippen LogP contribution is -2.39. The zero-order valence-electron chi connectivity index (χ0n) is 21.2. The van der Waals surface area contributed by atoms with Gasteiger partial charge >= 0.3 is 11.9 Å². The highest BCUT2D eigenvalue weighted by Gasteiger charge is 2.33. The Balaban J connectivity index is 1.87. The van der Waals surface area contributed by atoms with Gasteiger partial charge in [-0.1, -0.05) is 55.5 Å². The molecule has 7 nitrogen and oxygen atoms in total. The molecule has 3 aromatic rings. The number of aromatic nitrogens is 1. The molecule has 9 heteroatoms. The van der Waals surface area contributed by atoms with E-state index in [2.05, 4.69) is 34.8 Å². The van der Waals surface area contributed by atoms with Gasteiger partial charge in [0.1, 0.15) is 5.75 Å². The molecule has 0 saturated heterocycles. The molecule has 2 aromatic carbocycles. The van der Waals surface area contributed by atoms with Gasteiger partial charge in [0.25, 0.3) is 5.56 Å². The molecule has 0 N–H and O–H groups in total. The lowest BCUT2D eigenvalue weighted by atomic mass is 9.93. The maximum absolute atomic E-state index is 13.7. The van der Waals surface area contributed by atoms with E-state index in [-0.39, 0.29) is 12.2 Å². The number of thiazole rings is 1. The minimum Gasteiger partial charge on any atom is -0.463 e. The van der Waals surface area contributed by atoms with Crippen LogP contribution in [0.3, 0.4) is 0 Å². The molecule has 0 amide bonds. The maximum Gasteiger partial charge on any atom is 0.338 e. The lowest BCUT2D eigenvalue weighted by molar-refractivity contribution is -0.139. The molecule has 0 unspecified atom stereocenters. The quantitative estimate of drug-likeness (QED) is 0.313. The molecule has 0 spiro atoms. The average Bonchev–Trinajstić information content (AvgIpc) is 3.14. The van der Waals surface area contributed by atoms with Gasteiger partial charge in [0.05, 0.1) is 32.9 Å². The van der Waals surface area contributed by atoms with Gasteiger partial charge in [-0.15, -0.1) is 0 Å². The van der Waals surface area contributed by atoms with E-state index in [0.29, 0.717) is 36.7 Å². The predicted octanol–water partition coefficient (Wildman–Crippen LogP) is 4.61. The molecule has 1 aliphatic heterocycles. The number of fused-ring (bicyclic) bond motifs is 1. The molecule has 1 atom stereocenters. The van der Waals surface area contributed by atoms with Crippen molar-refractivity contribution in [3.05, 3.63) is 94.6 Å². The van der Waals surface area contributed by atoms with Crippen LogP contribution >= 0.6 is 27.3 Å². The van der Waals surface area contributed by atoms with Crippen LogP contribution in [0.4, 0.5) is 0 Å². The number of esters is 2. The number of halogens is 1. The third kappa shape index (κ3) is 5.52. The van der Waals surface area contributed by atoms with Gasteiger partial charge in [-0.05, 0) is 70.6 Å². The summed E-state index contributed by atoms with van der Waals surface area (Å²) in [6, 6.07) is 12.5. The highest BCUT2D eigenvalue weighted by Crippen LogP contribution is 2.32. The van der Waals surface area contributed by atoms with Crippen molar-refractivity contribution in [1.29, 1.82) is 0 Å². The molecule has 0 radical (unpaired) electrons. The molecule has 0 fully saturated rings. The Morgan fingerprint density at radius 2 is 1.89 bits per heavy atom. The van der Waals surface area contributed by atoms with E-state index in [4.69, 9.17) is 9.47 Å². The number of rotatable bonds is 6. The molecule has 4 rings (SSSR count). The van der Waals surface area contributed by atoms with Crippen molar-refractivity contribution in [1.82, 2.24) is 4.57 Å². The van der Waals surface area contributed by atoms with E-state index in [0.717, 1.165) is 16.7 Å². The molecule has 0 saturated carbocycles. The van der Waals surface area contributed by atoms with Crippen molar-refractivity contribution in [2.45, 2.75) is 46.6 Å². The van der Waals surface area contributed by atoms with Crippen LogP contribution in [-0.2, 0) is 14.3 Å². The van der Waals surface area contributed by atoms with Gasteiger partial charge < -0.3 is 9.47 Å². The van der Waals surface area contributed by atoms with Crippen molar-refractivity contribution in [2.24, 2.45) is 4.99 Å². The summed E-state index contributed by atoms with van der Waals surface area (Å²) >= 11 is 4.67. The number of hydrogen-bond acceptors (Lipinski definition) is 7. The van der Waals surface area contributed by atoms with E-state index in [9.17, 15) is 14.4 Å². The minimum atomic E-state index is -0.656. The highest BCUT2D eigenvalue weighted by molar-refractivity contribution is 9.10. The Labute approximate surface area is 226 Å². The summed E-state index contributed by atoms with van der Waals surface area (Å²) in [5.41, 5.74) is 3.34. The Morgan fingerprint density at radius 1 is 1.19 bits per heavy atom. The van der Waals surface area contributed by atoms with Gasteiger partial charge in [-0.3, -0.25) is 14.2 Å². The van der Waals surface area contributed by atoms with Crippen LogP contribution in [0.1, 0.15) is 63.3 Å². The lowest BCUT2D eigenvalue weighted by Gasteiger charge is -2.25. The zero-order valence-corrected chi connectivity index (χ0v) is 23.6. The van der Waals surface area contributed by atoms with E-state index in [1.807, 2.05) is 24.3 Å². The predicted molar refractivity (Wildman–Crippen MR) is 146 cm³/mol. The number of ether oxygens (including phenoxy) is 2. The fourth-order valence-corrected chi connectivity index (χ4v) is 5.69. The Hall–Kier alpha value is -3.30. The summed E-state index contributed by atoms with van der Waals surface area (Å²) in [5, 5.41) is 0. The molecule has 37 heavy (non-hydrogen) atoms. The van der Waals surface area contributed by atoms with Gasteiger partial charge in [0.15, 0.2) is 4.80 Å². The molecule has 0 bridgehead atoms. The maximum atomic E-state index is 13.7. The smallest absolute Gasteiger partial charge is 0.338 e. The zero-order chi connectivity index (χ0) is 26.9. The number of hydrogen-bond donors (Lipinski definition) is 0. The van der Waals surface area contributed by atoms with Gasteiger partial charge in [-0.25, -0.2) is 9.79 Å². The van der Waals surface area contributed by atoms with Gasteiger partial charge in [0, 0.05) is 6.92 Å². The van der Waals surface area contributed by atoms with E-state index < -0.39 is 18.0 Å². The van der Waals surface area contributed by atoms with Crippen molar-refractivity contribution >= 4 is 45.3 Å². The van der Waals surface area contributed by atoms with Crippen LogP contribution in [0.2, 0.25) is 0 Å². The van der Waals surface area contributed by atoms with Crippen LogP contribution in [0.5, 0.6) is 5.75 Å². The third-order valence-electron chi connectivity index (χ3n) is 5.94. The Morgan fingerprint density at radius 3 is 2.49 bits per heavy atom. The number of nitrogens with zero attached hydrogens (tertiary/aromatic N) is 2. The standard InChI is InChI=1S/C28H27BrN2O5S/c1-6-35-27(34)24-16(4)30-28-31(25(24)20-10-8-19(9-11-20)15(2)3)26(33)23(37-28)14-18-7-12-22(21(29)13-18)36-17(5)32/h7-15,25H,6H2,1-5H3/b23-14-/t25-/m1/s1. The molecule has 1 aliphatic rings. The molecular weight excluding hydrogens is 556 g/mol. The molecule has 192 valence electrons. The Kier molecular flexibility index (Phi) is 7.94. The minimum absolute atomic E-state index is 0.220. The molecular formula is C28H27BrN2O5S. The summed E-state index contributed by atoms with van der Waals surface area (Å²) < 4.78 is 13.1. The van der Waals surface area contributed by atoms with Crippen molar-refractivity contribution in [3.63, 3.8) is 0 Å². The monoisotopic (exact) mass is 582 g/mol. The number of benzene rings is 2. The van der Waals surface area contributed by atoms with Crippen LogP contribution in [-0.4, -0.2) is 23.1 Å². The van der Waals surface area contributed by atoms with Crippen molar-refractivity contribution < 1.29 is 19.1 Å². The van der Waals surface area contributed by atoms with Crippen LogP contribution in [0.15, 0.2) is 68.0 Å². The fourth-order valence-electron chi connectivity index (χ4n) is 4.17. The third-order valence-corrected chi connectivity index (χ3v) is 7.55. The summed E-state index contributed by atoms with van der Waals surface area (Å²) in [6.07, 6.45) is 1.76. The largest absolute Gasteiger partial charge is 0.463 e. The normalized spacial score (nSPS) is 15.4. The SMILES string of the molecule is CCOC(=O)C1=C(C)N=c2s/c(=C\c3ccc(OC(C)=O)c(Br)c3)c(=O)n2[C@@H]1c1ccc(C(C)C)cc1.